The first-order valence-electron chi connectivity index (χ1n) is 7.12. The van der Waals surface area contributed by atoms with Gasteiger partial charge >= 0.3 is 0 Å². The van der Waals surface area contributed by atoms with Crippen LogP contribution in [-0.2, 0) is 0 Å². The van der Waals surface area contributed by atoms with Gasteiger partial charge in [0.15, 0.2) is 0 Å². The highest BCUT2D eigenvalue weighted by Crippen LogP contribution is 2.30. The molecule has 1 aromatic carbocycles. The van der Waals surface area contributed by atoms with Crippen LogP contribution in [0.15, 0.2) is 18.2 Å². The van der Waals surface area contributed by atoms with Crippen molar-refractivity contribution in [2.24, 2.45) is 0 Å². The molecule has 0 aromatic heterocycles. The van der Waals surface area contributed by atoms with Gasteiger partial charge in [0.2, 0.25) is 0 Å². The van der Waals surface area contributed by atoms with Crippen LogP contribution in [0.4, 0.5) is 8.78 Å². The summed E-state index contributed by atoms with van der Waals surface area (Å²) < 4.78 is 28.0. The number of nitrogens with zero attached hydrogens (tertiary/aromatic N) is 1. The van der Waals surface area contributed by atoms with Crippen molar-refractivity contribution in [2.75, 3.05) is 26.2 Å². The fraction of sp³-hybridized carbons (Fsp3) is 0.600. The van der Waals surface area contributed by atoms with E-state index in [0.717, 1.165) is 45.4 Å². The lowest BCUT2D eigenvalue weighted by molar-refractivity contribution is 0.156. The van der Waals surface area contributed by atoms with E-state index in [-0.39, 0.29) is 24.0 Å². The van der Waals surface area contributed by atoms with E-state index < -0.39 is 11.6 Å². The number of halogens is 3. The number of piperazine rings is 1. The molecule has 0 bridgehead atoms. The van der Waals surface area contributed by atoms with Crippen LogP contribution in [0.2, 0.25) is 0 Å². The summed E-state index contributed by atoms with van der Waals surface area (Å²) in [5, 5.41) is 3.28. The molecular weight excluding hydrogens is 282 g/mol. The fourth-order valence-corrected chi connectivity index (χ4v) is 2.73. The summed E-state index contributed by atoms with van der Waals surface area (Å²) >= 11 is 0. The number of unbranched alkanes of at least 4 members (excludes halogenated alkanes) is 1. The lowest BCUT2D eigenvalue weighted by atomic mass is 9.97. The van der Waals surface area contributed by atoms with Gasteiger partial charge in [-0.15, -0.1) is 12.4 Å². The van der Waals surface area contributed by atoms with Crippen molar-refractivity contribution in [3.05, 3.63) is 35.4 Å². The number of hydrogen-bond acceptors (Lipinski definition) is 2. The molecule has 114 valence electrons. The highest BCUT2D eigenvalue weighted by molar-refractivity contribution is 5.85. The minimum atomic E-state index is -0.417. The Kier molecular flexibility index (Phi) is 7.41. The van der Waals surface area contributed by atoms with Crippen LogP contribution in [0.1, 0.15) is 37.8 Å². The lowest BCUT2D eigenvalue weighted by Crippen LogP contribution is -2.45. The molecule has 1 aliphatic rings. The van der Waals surface area contributed by atoms with Crippen LogP contribution in [-0.4, -0.2) is 31.1 Å². The smallest absolute Gasteiger partial charge is 0.130 e. The Morgan fingerprint density at radius 3 is 2.35 bits per heavy atom. The molecule has 0 saturated carbocycles. The Morgan fingerprint density at radius 1 is 1.20 bits per heavy atom. The van der Waals surface area contributed by atoms with Crippen molar-refractivity contribution < 1.29 is 8.78 Å². The van der Waals surface area contributed by atoms with E-state index >= 15 is 0 Å². The highest BCUT2D eigenvalue weighted by Gasteiger charge is 2.26. The molecule has 1 atom stereocenters. The first-order chi connectivity index (χ1) is 9.24. The number of rotatable bonds is 5. The molecule has 0 amide bonds. The molecule has 1 N–H and O–H groups in total. The van der Waals surface area contributed by atoms with Crippen molar-refractivity contribution in [3.63, 3.8) is 0 Å². The van der Waals surface area contributed by atoms with Crippen molar-refractivity contribution in [1.82, 2.24) is 10.2 Å². The van der Waals surface area contributed by atoms with Gasteiger partial charge in [-0.05, 0) is 18.6 Å². The molecule has 2 rings (SSSR count). The zero-order valence-corrected chi connectivity index (χ0v) is 12.7. The van der Waals surface area contributed by atoms with Crippen LogP contribution in [0.3, 0.4) is 0 Å². The third-order valence-corrected chi connectivity index (χ3v) is 3.76. The molecule has 20 heavy (non-hydrogen) atoms. The fourth-order valence-electron chi connectivity index (χ4n) is 2.73. The van der Waals surface area contributed by atoms with Gasteiger partial charge in [0, 0.05) is 37.8 Å². The first-order valence-corrected chi connectivity index (χ1v) is 7.12. The maximum atomic E-state index is 14.0. The second kappa shape index (κ2) is 8.55. The van der Waals surface area contributed by atoms with Crippen molar-refractivity contribution in [2.45, 2.75) is 32.2 Å². The average molecular weight is 305 g/mol. The maximum Gasteiger partial charge on any atom is 0.130 e. The van der Waals surface area contributed by atoms with Gasteiger partial charge in [-0.1, -0.05) is 25.8 Å². The summed E-state index contributed by atoms with van der Waals surface area (Å²) in [6.45, 7) is 5.58. The Bertz CT molecular complexity index is 389. The summed E-state index contributed by atoms with van der Waals surface area (Å²) in [5.41, 5.74) is 0.248. The standard InChI is InChI=1S/C15H22F2N2.ClH/c1-2-3-7-14(19-10-8-18-9-11-19)15-12(16)5-4-6-13(15)17;/h4-6,14,18H,2-3,7-11H2,1H3;1H/t14-;/m1./s1. The van der Waals surface area contributed by atoms with Crippen molar-refractivity contribution >= 4 is 12.4 Å². The third kappa shape index (κ3) is 4.14. The summed E-state index contributed by atoms with van der Waals surface area (Å²) in [5.74, 6) is -0.834. The normalized spacial score (nSPS) is 17.6. The predicted molar refractivity (Wildman–Crippen MR) is 80.3 cm³/mol. The van der Waals surface area contributed by atoms with Gasteiger partial charge in [0.25, 0.3) is 0 Å². The van der Waals surface area contributed by atoms with Gasteiger partial charge in [-0.2, -0.15) is 0 Å². The van der Waals surface area contributed by atoms with Crippen LogP contribution < -0.4 is 5.32 Å². The number of benzene rings is 1. The summed E-state index contributed by atoms with van der Waals surface area (Å²) in [6, 6.07) is 4.02. The van der Waals surface area contributed by atoms with Gasteiger partial charge in [-0.3, -0.25) is 4.90 Å². The molecule has 1 fully saturated rings. The molecule has 1 aliphatic heterocycles. The number of nitrogens with one attached hydrogen (secondary N) is 1. The third-order valence-electron chi connectivity index (χ3n) is 3.76. The summed E-state index contributed by atoms with van der Waals surface area (Å²) in [4.78, 5) is 2.20. The molecule has 1 aromatic rings. The van der Waals surface area contributed by atoms with E-state index in [1.165, 1.54) is 18.2 Å². The molecule has 0 spiro atoms. The zero-order chi connectivity index (χ0) is 13.7. The van der Waals surface area contributed by atoms with Crippen LogP contribution in [0.5, 0.6) is 0 Å². The Morgan fingerprint density at radius 2 is 1.80 bits per heavy atom. The SMILES string of the molecule is CCCC[C@H](c1c(F)cccc1F)N1CCNCC1.Cl. The van der Waals surface area contributed by atoms with Gasteiger partial charge < -0.3 is 5.32 Å². The van der Waals surface area contributed by atoms with Crippen LogP contribution in [0, 0.1) is 11.6 Å². The zero-order valence-electron chi connectivity index (χ0n) is 11.9. The Balaban J connectivity index is 0.00000200. The minimum Gasteiger partial charge on any atom is -0.314 e. The minimum absolute atomic E-state index is 0. The quantitative estimate of drug-likeness (QED) is 0.895. The topological polar surface area (TPSA) is 15.3 Å². The molecule has 0 unspecified atom stereocenters. The van der Waals surface area contributed by atoms with E-state index in [4.69, 9.17) is 0 Å². The first kappa shape index (κ1) is 17.3. The largest absolute Gasteiger partial charge is 0.314 e. The second-order valence-electron chi connectivity index (χ2n) is 5.08. The second-order valence-corrected chi connectivity index (χ2v) is 5.08. The molecule has 0 radical (unpaired) electrons. The molecule has 5 heteroatoms. The van der Waals surface area contributed by atoms with Crippen molar-refractivity contribution in [3.8, 4) is 0 Å². The number of hydrogen-bond donors (Lipinski definition) is 1. The molecular formula is C15H23ClF2N2. The molecule has 1 saturated heterocycles. The Labute approximate surface area is 126 Å². The summed E-state index contributed by atoms with van der Waals surface area (Å²) in [7, 11) is 0. The average Bonchev–Trinajstić information content (AvgIpc) is 2.43. The van der Waals surface area contributed by atoms with Crippen LogP contribution >= 0.6 is 12.4 Å². The van der Waals surface area contributed by atoms with Gasteiger partial charge in [-0.25, -0.2) is 8.78 Å². The molecule has 2 nitrogen and oxygen atoms in total. The van der Waals surface area contributed by atoms with E-state index in [1.54, 1.807) is 0 Å². The van der Waals surface area contributed by atoms with Crippen molar-refractivity contribution in [1.29, 1.82) is 0 Å². The monoisotopic (exact) mass is 304 g/mol. The van der Waals surface area contributed by atoms with E-state index in [0.29, 0.717) is 0 Å². The van der Waals surface area contributed by atoms with E-state index in [2.05, 4.69) is 17.1 Å². The van der Waals surface area contributed by atoms with E-state index in [1.807, 2.05) is 0 Å². The molecule has 0 aliphatic carbocycles. The maximum absolute atomic E-state index is 14.0. The van der Waals surface area contributed by atoms with Gasteiger partial charge in [0.1, 0.15) is 11.6 Å². The Hall–Kier alpha value is -0.710. The van der Waals surface area contributed by atoms with Gasteiger partial charge in [0.05, 0.1) is 0 Å². The highest BCUT2D eigenvalue weighted by atomic mass is 35.5. The lowest BCUT2D eigenvalue weighted by Gasteiger charge is -2.35. The summed E-state index contributed by atoms with van der Waals surface area (Å²) in [6.07, 6.45) is 2.84. The van der Waals surface area contributed by atoms with Crippen LogP contribution in [0.25, 0.3) is 0 Å². The molecule has 1 heterocycles. The predicted octanol–water partition coefficient (Wildman–Crippen LogP) is 3.52. The van der Waals surface area contributed by atoms with E-state index in [9.17, 15) is 8.78 Å².